The number of allylic oxidation sites excluding steroid dienone is 1. The van der Waals surface area contributed by atoms with Crippen molar-refractivity contribution in [2.45, 2.75) is 43.9 Å². The number of carboxylic acid groups (broad SMARTS) is 1. The van der Waals surface area contributed by atoms with Crippen LogP contribution in [-0.2, 0) is 10.0 Å². The van der Waals surface area contributed by atoms with Crippen LogP contribution in [0.1, 0.15) is 49.4 Å². The summed E-state index contributed by atoms with van der Waals surface area (Å²) in [6.45, 7) is 2.55. The summed E-state index contributed by atoms with van der Waals surface area (Å²) >= 11 is 0. The Balaban J connectivity index is 2.12. The van der Waals surface area contributed by atoms with Gasteiger partial charge in [-0.2, -0.15) is 0 Å². The average molecular weight is 352 g/mol. The second-order valence-corrected chi connectivity index (χ2v) is 7.57. The first-order valence-electron chi connectivity index (χ1n) is 8.23. The molecule has 0 bridgehead atoms. The van der Waals surface area contributed by atoms with Crippen molar-refractivity contribution in [2.24, 2.45) is 0 Å². The zero-order valence-corrected chi connectivity index (χ0v) is 14.7. The topological polar surface area (TPSA) is 95.5 Å². The predicted molar refractivity (Wildman–Crippen MR) is 93.9 cm³/mol. The summed E-state index contributed by atoms with van der Waals surface area (Å²) in [6, 6.07) is 4.14. The van der Waals surface area contributed by atoms with Crippen LogP contribution in [0, 0.1) is 0 Å². The summed E-state index contributed by atoms with van der Waals surface area (Å²) in [5, 5.41) is 12.5. The zero-order valence-electron chi connectivity index (χ0n) is 13.8. The minimum Gasteiger partial charge on any atom is -0.478 e. The highest BCUT2D eigenvalue weighted by Gasteiger charge is 2.18. The molecule has 0 aromatic heterocycles. The highest BCUT2D eigenvalue weighted by molar-refractivity contribution is 7.89. The molecule has 0 radical (unpaired) electrons. The van der Waals surface area contributed by atoms with Crippen molar-refractivity contribution in [3.63, 3.8) is 0 Å². The SMILES string of the molecule is CCNS(=O)(=O)c1ccc(NCCC2=CCCCC2)c(C(=O)O)c1. The first kappa shape index (κ1) is 18.5. The van der Waals surface area contributed by atoms with Gasteiger partial charge in [0.25, 0.3) is 0 Å². The molecule has 0 saturated heterocycles. The largest absolute Gasteiger partial charge is 0.478 e. The van der Waals surface area contributed by atoms with Gasteiger partial charge < -0.3 is 10.4 Å². The molecule has 1 aromatic rings. The number of rotatable bonds is 8. The number of aromatic carboxylic acids is 1. The van der Waals surface area contributed by atoms with Crippen LogP contribution < -0.4 is 10.0 Å². The van der Waals surface area contributed by atoms with Crippen LogP contribution in [0.5, 0.6) is 0 Å². The van der Waals surface area contributed by atoms with Gasteiger partial charge in [0.05, 0.1) is 10.5 Å². The van der Waals surface area contributed by atoms with E-state index in [0.29, 0.717) is 12.2 Å². The average Bonchev–Trinajstić information content (AvgIpc) is 2.55. The normalized spacial score (nSPS) is 15.0. The molecule has 24 heavy (non-hydrogen) atoms. The Kier molecular flexibility index (Phi) is 6.39. The van der Waals surface area contributed by atoms with E-state index in [9.17, 15) is 18.3 Å². The van der Waals surface area contributed by atoms with Crippen LogP contribution in [0.3, 0.4) is 0 Å². The van der Waals surface area contributed by atoms with E-state index in [4.69, 9.17) is 0 Å². The number of hydrogen-bond acceptors (Lipinski definition) is 4. The molecule has 0 unspecified atom stereocenters. The second kappa shape index (κ2) is 8.30. The monoisotopic (exact) mass is 352 g/mol. The summed E-state index contributed by atoms with van der Waals surface area (Å²) in [5.74, 6) is -1.15. The lowest BCUT2D eigenvalue weighted by atomic mass is 9.97. The molecule has 0 aliphatic heterocycles. The fraction of sp³-hybridized carbons (Fsp3) is 0.471. The van der Waals surface area contributed by atoms with E-state index in [-0.39, 0.29) is 17.0 Å². The molecular weight excluding hydrogens is 328 g/mol. The number of nitrogens with one attached hydrogen (secondary N) is 2. The summed E-state index contributed by atoms with van der Waals surface area (Å²) in [7, 11) is -3.67. The molecule has 0 atom stereocenters. The van der Waals surface area contributed by atoms with Gasteiger partial charge in [0.1, 0.15) is 0 Å². The van der Waals surface area contributed by atoms with Gasteiger partial charge in [-0.05, 0) is 50.3 Å². The Labute approximate surface area is 143 Å². The van der Waals surface area contributed by atoms with E-state index >= 15 is 0 Å². The molecule has 1 aliphatic carbocycles. The molecule has 0 heterocycles. The fourth-order valence-electron chi connectivity index (χ4n) is 2.78. The first-order valence-corrected chi connectivity index (χ1v) is 9.71. The fourth-order valence-corrected chi connectivity index (χ4v) is 3.85. The van der Waals surface area contributed by atoms with Crippen molar-refractivity contribution >= 4 is 21.7 Å². The van der Waals surface area contributed by atoms with Crippen LogP contribution >= 0.6 is 0 Å². The Morgan fingerprint density at radius 2 is 2.08 bits per heavy atom. The quantitative estimate of drug-likeness (QED) is 0.625. The second-order valence-electron chi connectivity index (χ2n) is 5.80. The third-order valence-corrected chi connectivity index (χ3v) is 5.56. The number of sulfonamides is 1. The molecule has 132 valence electrons. The molecule has 6 nitrogen and oxygen atoms in total. The number of carbonyl (C=O) groups is 1. The van der Waals surface area contributed by atoms with E-state index in [1.807, 2.05) is 0 Å². The highest BCUT2D eigenvalue weighted by atomic mass is 32.2. The maximum absolute atomic E-state index is 12.0. The van der Waals surface area contributed by atoms with Crippen molar-refractivity contribution in [3.8, 4) is 0 Å². The van der Waals surface area contributed by atoms with Gasteiger partial charge in [0, 0.05) is 18.8 Å². The lowest BCUT2D eigenvalue weighted by Crippen LogP contribution is -2.23. The summed E-state index contributed by atoms with van der Waals surface area (Å²) in [4.78, 5) is 11.4. The van der Waals surface area contributed by atoms with Crippen molar-refractivity contribution in [2.75, 3.05) is 18.4 Å². The van der Waals surface area contributed by atoms with Gasteiger partial charge in [0.2, 0.25) is 10.0 Å². The van der Waals surface area contributed by atoms with Gasteiger partial charge >= 0.3 is 5.97 Å². The first-order chi connectivity index (χ1) is 11.4. The number of hydrogen-bond donors (Lipinski definition) is 3. The maximum Gasteiger partial charge on any atom is 0.337 e. The van der Waals surface area contributed by atoms with E-state index in [0.717, 1.165) is 19.3 Å². The smallest absolute Gasteiger partial charge is 0.337 e. The van der Waals surface area contributed by atoms with Gasteiger partial charge in [-0.25, -0.2) is 17.9 Å². The minimum atomic E-state index is -3.67. The summed E-state index contributed by atoms with van der Waals surface area (Å²) in [5.41, 5.74) is 1.80. The Bertz CT molecular complexity index is 726. The number of anilines is 1. The molecule has 0 fully saturated rings. The highest BCUT2D eigenvalue weighted by Crippen LogP contribution is 2.23. The van der Waals surface area contributed by atoms with Gasteiger partial charge in [-0.15, -0.1) is 0 Å². The van der Waals surface area contributed by atoms with E-state index in [1.54, 1.807) is 6.92 Å². The maximum atomic E-state index is 12.0. The lowest BCUT2D eigenvalue weighted by Gasteiger charge is -2.15. The molecular formula is C17H24N2O4S. The molecule has 1 aromatic carbocycles. The molecule has 0 amide bonds. The van der Waals surface area contributed by atoms with Gasteiger partial charge in [-0.1, -0.05) is 18.6 Å². The van der Waals surface area contributed by atoms with E-state index in [1.165, 1.54) is 36.6 Å². The van der Waals surface area contributed by atoms with Crippen molar-refractivity contribution in [1.29, 1.82) is 0 Å². The lowest BCUT2D eigenvalue weighted by molar-refractivity contribution is 0.0697. The Morgan fingerprint density at radius 1 is 1.29 bits per heavy atom. The third kappa shape index (κ3) is 4.82. The summed E-state index contributed by atoms with van der Waals surface area (Å²) in [6.07, 6.45) is 7.80. The van der Waals surface area contributed by atoms with Crippen molar-refractivity contribution in [1.82, 2.24) is 4.72 Å². The molecule has 3 N–H and O–H groups in total. The minimum absolute atomic E-state index is 0.0356. The molecule has 1 aliphatic rings. The Morgan fingerprint density at radius 3 is 2.71 bits per heavy atom. The van der Waals surface area contributed by atoms with Crippen LogP contribution in [-0.4, -0.2) is 32.6 Å². The third-order valence-electron chi connectivity index (χ3n) is 4.01. The zero-order chi connectivity index (χ0) is 17.6. The predicted octanol–water partition coefficient (Wildman–Crippen LogP) is 2.99. The molecule has 0 saturated carbocycles. The van der Waals surface area contributed by atoms with Crippen LogP contribution in [0.4, 0.5) is 5.69 Å². The molecule has 0 spiro atoms. The van der Waals surface area contributed by atoms with E-state index < -0.39 is 16.0 Å². The summed E-state index contributed by atoms with van der Waals surface area (Å²) < 4.78 is 26.4. The molecule has 7 heteroatoms. The number of benzene rings is 1. The Hall–Kier alpha value is -1.86. The van der Waals surface area contributed by atoms with Crippen molar-refractivity contribution < 1.29 is 18.3 Å². The van der Waals surface area contributed by atoms with E-state index in [2.05, 4.69) is 16.1 Å². The van der Waals surface area contributed by atoms with Crippen LogP contribution in [0.2, 0.25) is 0 Å². The van der Waals surface area contributed by atoms with Crippen LogP contribution in [0.25, 0.3) is 0 Å². The number of carboxylic acids is 1. The molecule has 2 rings (SSSR count). The van der Waals surface area contributed by atoms with Crippen molar-refractivity contribution in [3.05, 3.63) is 35.4 Å². The van der Waals surface area contributed by atoms with Crippen LogP contribution in [0.15, 0.2) is 34.7 Å². The standard InChI is InChI=1S/C17H24N2O4S/c1-2-19-24(22,23)14-8-9-16(15(12-14)17(20)21)18-11-10-13-6-4-3-5-7-13/h6,8-9,12,18-19H,2-5,7,10-11H2,1H3,(H,20,21). The van der Waals surface area contributed by atoms with Gasteiger partial charge in [0.15, 0.2) is 0 Å². The van der Waals surface area contributed by atoms with Gasteiger partial charge in [-0.3, -0.25) is 0 Å².